The van der Waals surface area contributed by atoms with Crippen LogP contribution in [-0.4, -0.2) is 51.2 Å². The van der Waals surface area contributed by atoms with E-state index in [0.717, 1.165) is 18.2 Å². The first-order valence-electron chi connectivity index (χ1n) is 11.9. The third kappa shape index (κ3) is 4.47. The van der Waals surface area contributed by atoms with Crippen LogP contribution in [0.1, 0.15) is 28.5 Å². The molecule has 4 aromatic rings. The molecule has 0 spiro atoms. The molecule has 5 rings (SSSR count). The molecule has 0 saturated carbocycles. The predicted octanol–water partition coefficient (Wildman–Crippen LogP) is 3.15. The van der Waals surface area contributed by atoms with E-state index in [2.05, 4.69) is 20.3 Å². The number of hydrogen-bond donors (Lipinski definition) is 3. The molecule has 2 atom stereocenters. The summed E-state index contributed by atoms with van der Waals surface area (Å²) in [6.07, 6.45) is -2.70. The lowest BCUT2D eigenvalue weighted by atomic mass is 9.81. The molecule has 2 amide bonds. The summed E-state index contributed by atoms with van der Waals surface area (Å²) < 4.78 is 62.7. The van der Waals surface area contributed by atoms with E-state index in [-0.39, 0.29) is 34.7 Å². The quantitative estimate of drug-likeness (QED) is 0.311. The number of halogens is 4. The Morgan fingerprint density at radius 3 is 2.52 bits per heavy atom. The van der Waals surface area contributed by atoms with Crippen LogP contribution >= 0.6 is 0 Å². The average molecular weight is 555 g/mol. The van der Waals surface area contributed by atoms with Crippen molar-refractivity contribution in [3.63, 3.8) is 0 Å². The van der Waals surface area contributed by atoms with E-state index in [1.54, 1.807) is 12.1 Å². The van der Waals surface area contributed by atoms with Crippen LogP contribution in [0.15, 0.2) is 60.9 Å². The van der Waals surface area contributed by atoms with Gasteiger partial charge in [-0.1, -0.05) is 0 Å². The summed E-state index contributed by atoms with van der Waals surface area (Å²) in [7, 11) is 0. The Labute approximate surface area is 224 Å². The third-order valence-electron chi connectivity index (χ3n) is 6.84. The van der Waals surface area contributed by atoms with Gasteiger partial charge in [-0.3, -0.25) is 19.6 Å². The maximum atomic E-state index is 14.5. The molecule has 0 fully saturated rings. The van der Waals surface area contributed by atoms with Gasteiger partial charge in [-0.2, -0.15) is 13.2 Å². The van der Waals surface area contributed by atoms with Crippen LogP contribution < -0.4 is 15.8 Å². The van der Waals surface area contributed by atoms with Gasteiger partial charge in [0.15, 0.2) is 0 Å². The average Bonchev–Trinajstić information content (AvgIpc) is 3.28. The molecule has 1 unspecified atom stereocenters. The molecular formula is C27H21F4N5O4. The number of ether oxygens (including phenoxy) is 1. The number of aromatic nitrogens is 3. The van der Waals surface area contributed by atoms with E-state index < -0.39 is 47.1 Å². The van der Waals surface area contributed by atoms with Gasteiger partial charge in [-0.05, 0) is 55.5 Å². The molecule has 1 aliphatic heterocycles. The lowest BCUT2D eigenvalue weighted by molar-refractivity contribution is -0.265. The minimum Gasteiger partial charge on any atom is -0.489 e. The molecule has 0 bridgehead atoms. The van der Waals surface area contributed by atoms with Gasteiger partial charge >= 0.3 is 6.18 Å². The number of alkyl halides is 3. The Kier molecular flexibility index (Phi) is 6.41. The molecule has 1 aliphatic rings. The summed E-state index contributed by atoms with van der Waals surface area (Å²) in [6.45, 7) is -0.242. The molecule has 0 aliphatic carbocycles. The number of rotatable bonds is 6. The molecule has 9 nitrogen and oxygen atoms in total. The largest absolute Gasteiger partial charge is 0.489 e. The zero-order valence-corrected chi connectivity index (χ0v) is 20.8. The van der Waals surface area contributed by atoms with E-state index in [0.29, 0.717) is 11.0 Å². The van der Waals surface area contributed by atoms with Crippen molar-refractivity contribution in [1.29, 1.82) is 0 Å². The fraction of sp³-hybridized carbons (Fsp3) is 0.222. The number of nitrogens with two attached hydrogens (primary N) is 1. The topological polar surface area (TPSA) is 140 Å². The highest BCUT2D eigenvalue weighted by Gasteiger charge is 2.57. The molecule has 0 radical (unpaired) electrons. The maximum Gasteiger partial charge on any atom is 0.424 e. The molecule has 40 heavy (non-hydrogen) atoms. The summed E-state index contributed by atoms with van der Waals surface area (Å²) >= 11 is 0. The summed E-state index contributed by atoms with van der Waals surface area (Å²) in [6, 6.07) is 10.2. The van der Waals surface area contributed by atoms with Crippen LogP contribution in [0.5, 0.6) is 5.75 Å². The Balaban J connectivity index is 1.58. The summed E-state index contributed by atoms with van der Waals surface area (Å²) in [4.78, 5) is 37.3. The monoisotopic (exact) mass is 555 g/mol. The van der Waals surface area contributed by atoms with Gasteiger partial charge in [-0.25, -0.2) is 9.37 Å². The van der Waals surface area contributed by atoms with Crippen molar-refractivity contribution in [3.05, 3.63) is 83.6 Å². The zero-order chi connectivity index (χ0) is 28.9. The Hall–Kier alpha value is -4.65. The highest BCUT2D eigenvalue weighted by atomic mass is 19.4. The van der Waals surface area contributed by atoms with E-state index in [9.17, 15) is 32.3 Å². The van der Waals surface area contributed by atoms with Crippen LogP contribution in [-0.2, 0) is 15.8 Å². The van der Waals surface area contributed by atoms with Gasteiger partial charge in [0.2, 0.25) is 11.5 Å². The number of fused-ring (bicyclic) bond motifs is 2. The molecule has 206 valence electrons. The predicted molar refractivity (Wildman–Crippen MR) is 133 cm³/mol. The number of hydrogen-bond acceptors (Lipinski definition) is 7. The fourth-order valence-corrected chi connectivity index (χ4v) is 4.33. The van der Waals surface area contributed by atoms with Crippen molar-refractivity contribution in [2.75, 3.05) is 13.2 Å². The van der Waals surface area contributed by atoms with Crippen molar-refractivity contribution in [3.8, 4) is 17.0 Å². The number of aliphatic hydroxyl groups is 1. The van der Waals surface area contributed by atoms with Gasteiger partial charge in [0.25, 0.3) is 5.91 Å². The molecule has 0 saturated heterocycles. The number of carbonyl (C=O) groups is 2. The minimum absolute atomic E-state index is 0.0278. The zero-order valence-electron chi connectivity index (χ0n) is 20.8. The van der Waals surface area contributed by atoms with Gasteiger partial charge in [0.05, 0.1) is 28.8 Å². The number of nitrogens with zero attached hydrogens (tertiary/aromatic N) is 3. The molecule has 3 aromatic heterocycles. The highest BCUT2D eigenvalue weighted by molar-refractivity contribution is 5.96. The summed E-state index contributed by atoms with van der Waals surface area (Å²) in [5.74, 6) is -2.46. The Bertz CT molecular complexity index is 1650. The Morgan fingerprint density at radius 2 is 1.85 bits per heavy atom. The lowest BCUT2D eigenvalue weighted by Crippen LogP contribution is -2.51. The van der Waals surface area contributed by atoms with Crippen molar-refractivity contribution < 1.29 is 37.0 Å². The van der Waals surface area contributed by atoms with Crippen LogP contribution in [0, 0.1) is 5.82 Å². The first-order chi connectivity index (χ1) is 18.8. The summed E-state index contributed by atoms with van der Waals surface area (Å²) in [5.41, 5.74) is 0.0606. The first-order valence-corrected chi connectivity index (χ1v) is 11.9. The van der Waals surface area contributed by atoms with Crippen LogP contribution in [0.3, 0.4) is 0 Å². The smallest absolute Gasteiger partial charge is 0.424 e. The number of pyridine rings is 3. The van der Waals surface area contributed by atoms with Crippen LogP contribution in [0.4, 0.5) is 17.6 Å². The standard InChI is InChI=1S/C27H21F4N5O4/c1-25(24(32)38)13-40-22-17(25)10-20(36-21(22)14-4-6-16(28)7-5-14)26(39,27(29,30)31)12-35-23(37)15-9-19-18(34-11-15)3-2-8-33-19/h2-11,39H,12-13H2,1H3,(H2,32,38)(H,35,37)/t25-,26?/m0/s1. The molecular weight excluding hydrogens is 534 g/mol. The van der Waals surface area contributed by atoms with E-state index in [4.69, 9.17) is 10.5 Å². The second kappa shape index (κ2) is 9.52. The van der Waals surface area contributed by atoms with Crippen LogP contribution in [0.25, 0.3) is 22.3 Å². The molecule has 13 heteroatoms. The lowest BCUT2D eigenvalue weighted by Gasteiger charge is -2.31. The highest BCUT2D eigenvalue weighted by Crippen LogP contribution is 2.47. The number of benzene rings is 1. The fourth-order valence-electron chi connectivity index (χ4n) is 4.33. The van der Waals surface area contributed by atoms with Crippen LogP contribution in [0.2, 0.25) is 0 Å². The second-order valence-electron chi connectivity index (χ2n) is 9.53. The number of nitrogens with one attached hydrogen (secondary N) is 1. The SMILES string of the molecule is C[C@]1(C(N)=O)COc2c1cc(C(O)(CNC(=O)c1cnc3cccnc3c1)C(F)(F)F)nc2-c1ccc(F)cc1. The molecule has 4 N–H and O–H groups in total. The number of carbonyl (C=O) groups excluding carboxylic acids is 2. The maximum absolute atomic E-state index is 14.5. The van der Waals surface area contributed by atoms with E-state index >= 15 is 0 Å². The summed E-state index contributed by atoms with van der Waals surface area (Å²) in [5, 5.41) is 13.2. The van der Waals surface area contributed by atoms with Gasteiger partial charge in [-0.15, -0.1) is 0 Å². The van der Waals surface area contributed by atoms with Crippen molar-refractivity contribution >= 4 is 22.8 Å². The normalized spacial score (nSPS) is 18.1. The van der Waals surface area contributed by atoms with Gasteiger partial charge in [0, 0.05) is 23.5 Å². The number of primary amides is 1. The first kappa shape index (κ1) is 26.9. The molecule has 4 heterocycles. The van der Waals surface area contributed by atoms with Crippen molar-refractivity contribution in [2.45, 2.75) is 24.1 Å². The second-order valence-corrected chi connectivity index (χ2v) is 9.53. The minimum atomic E-state index is -5.34. The van der Waals surface area contributed by atoms with Crippen molar-refractivity contribution in [2.24, 2.45) is 5.73 Å². The van der Waals surface area contributed by atoms with E-state index in [1.165, 1.54) is 37.5 Å². The Morgan fingerprint density at radius 1 is 1.12 bits per heavy atom. The molecule has 1 aromatic carbocycles. The van der Waals surface area contributed by atoms with E-state index in [1.807, 2.05) is 0 Å². The van der Waals surface area contributed by atoms with Gasteiger partial charge < -0.3 is 20.9 Å². The van der Waals surface area contributed by atoms with Gasteiger partial charge in [0.1, 0.15) is 29.3 Å². The van der Waals surface area contributed by atoms with Crippen molar-refractivity contribution in [1.82, 2.24) is 20.3 Å². The third-order valence-corrected chi connectivity index (χ3v) is 6.84. The number of amides is 2.